The highest BCUT2D eigenvalue weighted by molar-refractivity contribution is 7.91. The molecule has 110 valence electrons. The Kier molecular flexibility index (Phi) is 4.65. The van der Waals surface area contributed by atoms with E-state index in [2.05, 4.69) is 10.6 Å². The summed E-state index contributed by atoms with van der Waals surface area (Å²) in [6.45, 7) is 2.83. The van der Waals surface area contributed by atoms with Gasteiger partial charge in [-0.2, -0.15) is 0 Å². The smallest absolute Gasteiger partial charge is 0.223 e. The Labute approximate surface area is 119 Å². The van der Waals surface area contributed by atoms with Crippen LogP contribution in [0.1, 0.15) is 19.8 Å². The van der Waals surface area contributed by atoms with Crippen molar-refractivity contribution in [1.29, 1.82) is 0 Å². The maximum Gasteiger partial charge on any atom is 0.223 e. The molecular formula is C14H20N2O3S. The highest BCUT2D eigenvalue weighted by atomic mass is 32.2. The van der Waals surface area contributed by atoms with Crippen LogP contribution < -0.4 is 10.6 Å². The van der Waals surface area contributed by atoms with Crippen LogP contribution in [0.4, 0.5) is 5.69 Å². The van der Waals surface area contributed by atoms with Gasteiger partial charge in [-0.3, -0.25) is 4.79 Å². The first-order valence-electron chi connectivity index (χ1n) is 6.87. The van der Waals surface area contributed by atoms with Gasteiger partial charge in [0.15, 0.2) is 9.84 Å². The molecule has 0 bridgehead atoms. The highest BCUT2D eigenvalue weighted by Crippen LogP contribution is 2.28. The molecular weight excluding hydrogens is 276 g/mol. The average Bonchev–Trinajstić information content (AvgIpc) is 3.28. The molecule has 1 aliphatic rings. The van der Waals surface area contributed by atoms with Gasteiger partial charge < -0.3 is 10.6 Å². The molecule has 1 aromatic rings. The van der Waals surface area contributed by atoms with Crippen LogP contribution in [0.2, 0.25) is 0 Å². The first-order chi connectivity index (χ1) is 9.53. The first kappa shape index (κ1) is 14.8. The number of amides is 1. The zero-order chi connectivity index (χ0) is 14.6. The van der Waals surface area contributed by atoms with E-state index < -0.39 is 9.84 Å². The van der Waals surface area contributed by atoms with Gasteiger partial charge in [0.2, 0.25) is 5.91 Å². The Morgan fingerprint density at radius 1 is 1.20 bits per heavy atom. The van der Waals surface area contributed by atoms with Gasteiger partial charge in [0.1, 0.15) is 0 Å². The van der Waals surface area contributed by atoms with Crippen molar-refractivity contribution in [2.45, 2.75) is 24.7 Å². The van der Waals surface area contributed by atoms with E-state index in [1.165, 1.54) is 0 Å². The topological polar surface area (TPSA) is 75.3 Å². The number of sulfone groups is 1. The molecule has 0 spiro atoms. The summed E-state index contributed by atoms with van der Waals surface area (Å²) in [5.41, 5.74) is 0.848. The minimum atomic E-state index is -3.14. The van der Waals surface area contributed by atoms with Crippen molar-refractivity contribution < 1.29 is 13.2 Å². The molecule has 2 N–H and O–H groups in total. The van der Waals surface area contributed by atoms with Crippen molar-refractivity contribution in [2.24, 2.45) is 5.92 Å². The van der Waals surface area contributed by atoms with E-state index in [9.17, 15) is 13.2 Å². The molecule has 0 saturated heterocycles. The summed E-state index contributed by atoms with van der Waals surface area (Å²) in [6, 6.07) is 6.68. The van der Waals surface area contributed by atoms with Crippen LogP contribution >= 0.6 is 0 Å². The van der Waals surface area contributed by atoms with Crippen LogP contribution in [0, 0.1) is 5.92 Å². The van der Waals surface area contributed by atoms with Crippen molar-refractivity contribution in [3.05, 3.63) is 24.3 Å². The molecule has 0 unspecified atom stereocenters. The van der Waals surface area contributed by atoms with Crippen LogP contribution in [0.3, 0.4) is 0 Å². The van der Waals surface area contributed by atoms with Gasteiger partial charge in [-0.15, -0.1) is 0 Å². The standard InChI is InChI=1S/C14H20N2O3S/c1-2-20(18,19)13-7-5-12(6-8-13)15-9-10-16-14(17)11-3-4-11/h5-8,11,15H,2-4,9-10H2,1H3,(H,16,17). The number of anilines is 1. The van der Waals surface area contributed by atoms with Gasteiger partial charge >= 0.3 is 0 Å². The lowest BCUT2D eigenvalue weighted by Gasteiger charge is -2.08. The largest absolute Gasteiger partial charge is 0.383 e. The third kappa shape index (κ3) is 3.96. The van der Waals surface area contributed by atoms with Crippen molar-refractivity contribution in [3.8, 4) is 0 Å². The van der Waals surface area contributed by atoms with Crippen LogP contribution in [0.5, 0.6) is 0 Å². The molecule has 0 heterocycles. The fourth-order valence-corrected chi connectivity index (χ4v) is 2.71. The summed E-state index contributed by atoms with van der Waals surface area (Å²) in [7, 11) is -3.14. The lowest BCUT2D eigenvalue weighted by molar-refractivity contribution is -0.122. The van der Waals surface area contributed by atoms with Crippen LogP contribution in [-0.2, 0) is 14.6 Å². The predicted octanol–water partition coefficient (Wildman–Crippen LogP) is 1.42. The van der Waals surface area contributed by atoms with Gasteiger partial charge in [0, 0.05) is 24.7 Å². The molecule has 0 radical (unpaired) electrons. The number of hydrogen-bond donors (Lipinski definition) is 2. The highest BCUT2D eigenvalue weighted by Gasteiger charge is 2.28. The minimum Gasteiger partial charge on any atom is -0.383 e. The van der Waals surface area contributed by atoms with E-state index >= 15 is 0 Å². The zero-order valence-corrected chi connectivity index (χ0v) is 12.4. The van der Waals surface area contributed by atoms with Crippen LogP contribution in [0.15, 0.2) is 29.2 Å². The SMILES string of the molecule is CCS(=O)(=O)c1ccc(NCCNC(=O)C2CC2)cc1. The molecule has 1 saturated carbocycles. The fraction of sp³-hybridized carbons (Fsp3) is 0.500. The summed E-state index contributed by atoms with van der Waals surface area (Å²) in [6.07, 6.45) is 2.01. The quantitative estimate of drug-likeness (QED) is 0.746. The second kappa shape index (κ2) is 6.26. The molecule has 0 aliphatic heterocycles. The zero-order valence-electron chi connectivity index (χ0n) is 11.6. The lowest BCUT2D eigenvalue weighted by Crippen LogP contribution is -2.29. The number of carbonyl (C=O) groups is 1. The second-order valence-electron chi connectivity index (χ2n) is 4.92. The molecule has 20 heavy (non-hydrogen) atoms. The van der Waals surface area contributed by atoms with Gasteiger partial charge in [0.05, 0.1) is 10.6 Å². The number of rotatable bonds is 7. The molecule has 5 nitrogen and oxygen atoms in total. The molecule has 1 aromatic carbocycles. The van der Waals surface area contributed by atoms with Gasteiger partial charge in [-0.1, -0.05) is 6.92 Å². The summed E-state index contributed by atoms with van der Waals surface area (Å²) in [5, 5.41) is 6.01. The van der Waals surface area contributed by atoms with Crippen LogP contribution in [0.25, 0.3) is 0 Å². The van der Waals surface area contributed by atoms with E-state index in [0.717, 1.165) is 18.5 Å². The Bertz CT molecular complexity index is 563. The molecule has 2 rings (SSSR count). The van der Waals surface area contributed by atoms with Gasteiger partial charge in [-0.05, 0) is 37.1 Å². The monoisotopic (exact) mass is 296 g/mol. The first-order valence-corrected chi connectivity index (χ1v) is 8.52. The number of hydrogen-bond acceptors (Lipinski definition) is 4. The van der Waals surface area contributed by atoms with E-state index in [1.54, 1.807) is 31.2 Å². The van der Waals surface area contributed by atoms with E-state index in [1.807, 2.05) is 0 Å². The van der Waals surface area contributed by atoms with Crippen molar-refractivity contribution in [2.75, 3.05) is 24.2 Å². The predicted molar refractivity (Wildman–Crippen MR) is 78.4 cm³/mol. The molecule has 1 amide bonds. The minimum absolute atomic E-state index is 0.104. The van der Waals surface area contributed by atoms with Gasteiger partial charge in [0.25, 0.3) is 0 Å². The third-order valence-corrected chi connectivity index (χ3v) is 5.05. The number of nitrogens with one attached hydrogen (secondary N) is 2. The normalized spacial score (nSPS) is 14.8. The van der Waals surface area contributed by atoms with E-state index in [-0.39, 0.29) is 17.6 Å². The van der Waals surface area contributed by atoms with Crippen molar-refractivity contribution >= 4 is 21.4 Å². The Balaban J connectivity index is 1.77. The summed E-state index contributed by atoms with van der Waals surface area (Å²) in [5.74, 6) is 0.470. The third-order valence-electron chi connectivity index (χ3n) is 3.29. The maximum absolute atomic E-state index is 11.6. The Morgan fingerprint density at radius 3 is 2.40 bits per heavy atom. The van der Waals surface area contributed by atoms with Crippen molar-refractivity contribution in [3.63, 3.8) is 0 Å². The molecule has 1 aliphatic carbocycles. The summed E-state index contributed by atoms with van der Waals surface area (Å²) in [4.78, 5) is 11.7. The fourth-order valence-electron chi connectivity index (χ4n) is 1.83. The van der Waals surface area contributed by atoms with Gasteiger partial charge in [-0.25, -0.2) is 8.42 Å². The summed E-state index contributed by atoms with van der Waals surface area (Å²) < 4.78 is 23.3. The Morgan fingerprint density at radius 2 is 1.85 bits per heavy atom. The van der Waals surface area contributed by atoms with Crippen LogP contribution in [-0.4, -0.2) is 33.2 Å². The van der Waals surface area contributed by atoms with Crippen molar-refractivity contribution in [1.82, 2.24) is 5.32 Å². The number of benzene rings is 1. The number of carbonyl (C=O) groups excluding carboxylic acids is 1. The molecule has 6 heteroatoms. The Hall–Kier alpha value is -1.56. The summed E-state index contributed by atoms with van der Waals surface area (Å²) >= 11 is 0. The molecule has 1 fully saturated rings. The van der Waals surface area contributed by atoms with E-state index in [0.29, 0.717) is 18.0 Å². The van der Waals surface area contributed by atoms with E-state index in [4.69, 9.17) is 0 Å². The lowest BCUT2D eigenvalue weighted by atomic mass is 10.3. The maximum atomic E-state index is 11.6. The average molecular weight is 296 g/mol. The molecule has 0 aromatic heterocycles. The molecule has 0 atom stereocenters. The second-order valence-corrected chi connectivity index (χ2v) is 7.20.